The number of carbonyl (C=O) groups is 1. The Kier molecular flexibility index (Phi) is 5.30. The highest BCUT2D eigenvalue weighted by Gasteiger charge is 2.41. The number of pyridine rings is 1. The largest absolute Gasteiger partial charge is 0.355 e. The van der Waals surface area contributed by atoms with E-state index in [0.717, 1.165) is 31.5 Å². The standard InChI is InChI=1S/C26H32N4O/c1-17(2)30-16-18-14-24-22(21-8-6-9-23(30)25(18)21)13-19(15-29(24)3)26(31)28-12-10-20-7-4-5-11-27-20/h4-9,11,16-17,19,22,24H,10,12-15H2,1-3H3,(H,28,31)/t19-,22-,24-/m1/s1. The van der Waals surface area contributed by atoms with Crippen molar-refractivity contribution in [3.8, 4) is 0 Å². The summed E-state index contributed by atoms with van der Waals surface area (Å²) in [6.07, 6.45) is 6.93. The number of amides is 1. The summed E-state index contributed by atoms with van der Waals surface area (Å²) in [6, 6.07) is 13.6. The van der Waals surface area contributed by atoms with E-state index in [2.05, 4.69) is 65.1 Å². The second-order valence-electron chi connectivity index (χ2n) is 9.51. The van der Waals surface area contributed by atoms with E-state index in [-0.39, 0.29) is 11.8 Å². The lowest BCUT2D eigenvalue weighted by Gasteiger charge is -2.45. The van der Waals surface area contributed by atoms with Crippen molar-refractivity contribution in [2.24, 2.45) is 5.92 Å². The van der Waals surface area contributed by atoms with Crippen LogP contribution in [0.15, 0.2) is 48.8 Å². The number of aromatic nitrogens is 2. The lowest BCUT2D eigenvalue weighted by atomic mass is 9.72. The van der Waals surface area contributed by atoms with E-state index < -0.39 is 0 Å². The van der Waals surface area contributed by atoms with Crippen LogP contribution in [0, 0.1) is 5.92 Å². The van der Waals surface area contributed by atoms with Crippen LogP contribution in [0.4, 0.5) is 0 Å². The number of likely N-dealkylation sites (tertiary alicyclic amines) is 1. The summed E-state index contributed by atoms with van der Waals surface area (Å²) in [5.41, 5.74) is 5.25. The van der Waals surface area contributed by atoms with Crippen LogP contribution >= 0.6 is 0 Å². The minimum Gasteiger partial charge on any atom is -0.355 e. The molecule has 3 atom stereocenters. The summed E-state index contributed by atoms with van der Waals surface area (Å²) in [7, 11) is 2.19. The molecule has 1 aliphatic carbocycles. The van der Waals surface area contributed by atoms with Gasteiger partial charge in [0, 0.05) is 66.5 Å². The summed E-state index contributed by atoms with van der Waals surface area (Å²) >= 11 is 0. The first kappa shape index (κ1) is 20.3. The first-order valence-corrected chi connectivity index (χ1v) is 11.5. The van der Waals surface area contributed by atoms with Gasteiger partial charge < -0.3 is 14.8 Å². The minimum absolute atomic E-state index is 0.0268. The van der Waals surface area contributed by atoms with E-state index in [1.165, 1.54) is 22.0 Å². The number of fused-ring (bicyclic) bond motifs is 2. The molecule has 1 N–H and O–H groups in total. The Labute approximate surface area is 184 Å². The van der Waals surface area contributed by atoms with Gasteiger partial charge >= 0.3 is 0 Å². The first-order valence-electron chi connectivity index (χ1n) is 11.5. The molecular formula is C26H32N4O. The molecule has 3 aromatic rings. The van der Waals surface area contributed by atoms with E-state index in [0.29, 0.717) is 24.5 Å². The van der Waals surface area contributed by atoms with Gasteiger partial charge in [-0.3, -0.25) is 9.78 Å². The number of hydrogen-bond donors (Lipinski definition) is 1. The quantitative estimate of drug-likeness (QED) is 0.686. The van der Waals surface area contributed by atoms with E-state index in [9.17, 15) is 4.79 Å². The molecule has 0 saturated carbocycles. The summed E-state index contributed by atoms with van der Waals surface area (Å²) in [5.74, 6) is 0.613. The Hall–Kier alpha value is -2.66. The Morgan fingerprint density at radius 3 is 2.87 bits per heavy atom. The maximum absolute atomic E-state index is 13.0. The van der Waals surface area contributed by atoms with Crippen LogP contribution in [-0.4, -0.2) is 46.5 Å². The monoisotopic (exact) mass is 416 g/mol. The molecule has 2 aliphatic rings. The molecule has 0 spiro atoms. The molecule has 1 fully saturated rings. The topological polar surface area (TPSA) is 50.2 Å². The highest BCUT2D eigenvalue weighted by Crippen LogP contribution is 2.45. The Morgan fingerprint density at radius 1 is 1.23 bits per heavy atom. The molecule has 1 amide bonds. The Balaban J connectivity index is 1.35. The predicted octanol–water partition coefficient (Wildman–Crippen LogP) is 3.94. The SMILES string of the molecule is CC(C)n1cc2c3c(cccc31)[C@H]1C[C@@H](C(=O)NCCc3ccccn3)CN(C)[C@@H]1C2. The molecule has 1 saturated heterocycles. The van der Waals surface area contributed by atoms with Crippen LogP contribution in [0.1, 0.15) is 49.0 Å². The van der Waals surface area contributed by atoms with Crippen molar-refractivity contribution < 1.29 is 4.79 Å². The van der Waals surface area contributed by atoms with Crippen LogP contribution in [0.2, 0.25) is 0 Å². The van der Waals surface area contributed by atoms with Crippen molar-refractivity contribution >= 4 is 16.8 Å². The van der Waals surface area contributed by atoms with Crippen LogP contribution in [-0.2, 0) is 17.6 Å². The van der Waals surface area contributed by atoms with Gasteiger partial charge in [-0.15, -0.1) is 0 Å². The predicted molar refractivity (Wildman–Crippen MR) is 124 cm³/mol. The van der Waals surface area contributed by atoms with E-state index in [4.69, 9.17) is 0 Å². The van der Waals surface area contributed by atoms with E-state index >= 15 is 0 Å². The molecule has 0 radical (unpaired) electrons. The third-order valence-corrected chi connectivity index (χ3v) is 7.21. The van der Waals surface area contributed by atoms with Gasteiger partial charge in [0.15, 0.2) is 0 Å². The van der Waals surface area contributed by atoms with Gasteiger partial charge in [0.05, 0.1) is 5.92 Å². The molecule has 1 aromatic carbocycles. The third-order valence-electron chi connectivity index (χ3n) is 7.21. The Morgan fingerprint density at radius 2 is 2.10 bits per heavy atom. The maximum atomic E-state index is 13.0. The smallest absolute Gasteiger partial charge is 0.224 e. The molecular weight excluding hydrogens is 384 g/mol. The van der Waals surface area contributed by atoms with Crippen molar-refractivity contribution in [1.29, 1.82) is 0 Å². The van der Waals surface area contributed by atoms with E-state index in [1.54, 1.807) is 6.20 Å². The van der Waals surface area contributed by atoms with Gasteiger partial charge in [0.1, 0.15) is 0 Å². The lowest BCUT2D eigenvalue weighted by molar-refractivity contribution is -0.127. The van der Waals surface area contributed by atoms with E-state index in [1.807, 2.05) is 18.2 Å². The first-order chi connectivity index (χ1) is 15.0. The number of hydrogen-bond acceptors (Lipinski definition) is 3. The van der Waals surface area contributed by atoms with Crippen molar-refractivity contribution in [3.05, 3.63) is 65.6 Å². The summed E-state index contributed by atoms with van der Waals surface area (Å²) < 4.78 is 2.41. The average Bonchev–Trinajstić information content (AvgIpc) is 3.15. The highest BCUT2D eigenvalue weighted by molar-refractivity contribution is 5.89. The van der Waals surface area contributed by atoms with Gasteiger partial charge in [-0.2, -0.15) is 0 Å². The van der Waals surface area contributed by atoms with Crippen molar-refractivity contribution in [2.45, 2.75) is 51.1 Å². The van der Waals surface area contributed by atoms with Crippen molar-refractivity contribution in [1.82, 2.24) is 19.8 Å². The maximum Gasteiger partial charge on any atom is 0.224 e. The molecule has 5 heteroatoms. The van der Waals surface area contributed by atoms with Gasteiger partial charge in [0.25, 0.3) is 0 Å². The summed E-state index contributed by atoms with van der Waals surface area (Å²) in [6.45, 7) is 5.96. The minimum atomic E-state index is 0.0268. The number of nitrogens with zero attached hydrogens (tertiary/aromatic N) is 3. The zero-order valence-corrected chi connectivity index (χ0v) is 18.7. The number of likely N-dealkylation sites (N-methyl/N-ethyl adjacent to an activating group) is 1. The molecule has 31 heavy (non-hydrogen) atoms. The number of nitrogens with one attached hydrogen (secondary N) is 1. The highest BCUT2D eigenvalue weighted by atomic mass is 16.1. The number of rotatable bonds is 5. The average molecular weight is 417 g/mol. The molecule has 5 rings (SSSR count). The van der Waals surface area contributed by atoms with Gasteiger partial charge in [-0.25, -0.2) is 0 Å². The van der Waals surface area contributed by atoms with Crippen molar-refractivity contribution in [3.63, 3.8) is 0 Å². The molecule has 162 valence electrons. The number of carbonyl (C=O) groups excluding carboxylic acids is 1. The fourth-order valence-corrected chi connectivity index (χ4v) is 5.70. The molecule has 3 heterocycles. The van der Waals surface area contributed by atoms with Gasteiger partial charge in [0.2, 0.25) is 5.91 Å². The van der Waals surface area contributed by atoms with Crippen LogP contribution < -0.4 is 5.32 Å². The molecule has 0 bridgehead atoms. The summed E-state index contributed by atoms with van der Waals surface area (Å²) in [5, 5.41) is 4.60. The van der Waals surface area contributed by atoms with Crippen LogP contribution in [0.25, 0.3) is 10.9 Å². The third kappa shape index (κ3) is 3.65. The number of benzene rings is 1. The van der Waals surface area contributed by atoms with Crippen LogP contribution in [0.3, 0.4) is 0 Å². The van der Waals surface area contributed by atoms with Gasteiger partial charge in [-0.05, 0) is 63.1 Å². The zero-order valence-electron chi connectivity index (χ0n) is 18.7. The second-order valence-corrected chi connectivity index (χ2v) is 9.51. The zero-order chi connectivity index (χ0) is 21.5. The summed E-state index contributed by atoms with van der Waals surface area (Å²) in [4.78, 5) is 19.8. The van der Waals surface area contributed by atoms with Crippen molar-refractivity contribution in [2.75, 3.05) is 20.1 Å². The number of piperidine rings is 1. The lowest BCUT2D eigenvalue weighted by Crippen LogP contribution is -2.51. The fraction of sp³-hybridized carbons (Fsp3) is 0.462. The molecule has 2 aromatic heterocycles. The van der Waals surface area contributed by atoms with Crippen LogP contribution in [0.5, 0.6) is 0 Å². The van der Waals surface area contributed by atoms with Gasteiger partial charge in [-0.1, -0.05) is 18.2 Å². The Bertz CT molecular complexity index is 1090. The molecule has 1 aliphatic heterocycles. The molecule has 5 nitrogen and oxygen atoms in total. The normalized spacial score (nSPS) is 23.2. The second kappa shape index (κ2) is 8.12. The molecule has 0 unspecified atom stereocenters. The fourth-order valence-electron chi connectivity index (χ4n) is 5.70.